The maximum atomic E-state index is 10.8. The van der Waals surface area contributed by atoms with Crippen LogP contribution in [0.1, 0.15) is 13.3 Å². The van der Waals surface area contributed by atoms with Gasteiger partial charge in [-0.2, -0.15) is 0 Å². The minimum Gasteiger partial charge on any atom is -0.394 e. The third-order valence-corrected chi connectivity index (χ3v) is 2.67. The lowest BCUT2D eigenvalue weighted by atomic mass is 9.98. The summed E-state index contributed by atoms with van der Waals surface area (Å²) in [5.74, 6) is 0.0439. The molecule has 8 nitrogen and oxygen atoms in total. The molecule has 17 heavy (non-hydrogen) atoms. The van der Waals surface area contributed by atoms with Crippen LogP contribution < -0.4 is 5.32 Å². The van der Waals surface area contributed by atoms with Gasteiger partial charge in [0, 0.05) is 7.05 Å². The Morgan fingerprint density at radius 3 is 2.59 bits per heavy atom. The molecular formula is C9H16N4O4. The summed E-state index contributed by atoms with van der Waals surface area (Å²) in [5.41, 5.74) is -1.19. The van der Waals surface area contributed by atoms with Gasteiger partial charge in [-0.25, -0.2) is 0 Å². The van der Waals surface area contributed by atoms with Gasteiger partial charge in [0.2, 0.25) is 5.82 Å². The molecule has 0 saturated heterocycles. The van der Waals surface area contributed by atoms with E-state index in [0.29, 0.717) is 6.42 Å². The molecular weight excluding hydrogens is 228 g/mol. The fourth-order valence-corrected chi connectivity index (χ4v) is 1.39. The second kappa shape index (κ2) is 5.11. The van der Waals surface area contributed by atoms with Crippen LogP contribution in [0.15, 0.2) is 6.20 Å². The minimum absolute atomic E-state index is 0.0439. The maximum absolute atomic E-state index is 10.8. The van der Waals surface area contributed by atoms with Crippen LogP contribution in [0.3, 0.4) is 0 Å². The first-order valence-corrected chi connectivity index (χ1v) is 5.16. The van der Waals surface area contributed by atoms with Crippen molar-refractivity contribution in [1.82, 2.24) is 9.78 Å². The monoisotopic (exact) mass is 244 g/mol. The van der Waals surface area contributed by atoms with E-state index in [1.54, 1.807) is 14.0 Å². The number of aryl methyl sites for hydroxylation is 1. The number of nitrogens with one attached hydrogen (secondary N) is 1. The molecule has 3 N–H and O–H groups in total. The van der Waals surface area contributed by atoms with Crippen molar-refractivity contribution in [2.24, 2.45) is 7.05 Å². The first-order chi connectivity index (χ1) is 7.98. The van der Waals surface area contributed by atoms with E-state index < -0.39 is 10.5 Å². The van der Waals surface area contributed by atoms with Crippen LogP contribution in [0.4, 0.5) is 11.5 Å². The summed E-state index contributed by atoms with van der Waals surface area (Å²) in [6.07, 6.45) is 1.67. The van der Waals surface area contributed by atoms with Crippen LogP contribution in [-0.4, -0.2) is 43.7 Å². The zero-order chi connectivity index (χ0) is 13.1. The molecule has 1 rings (SSSR count). The third kappa shape index (κ3) is 2.71. The molecule has 96 valence electrons. The molecule has 0 unspecified atom stereocenters. The molecule has 0 bridgehead atoms. The first-order valence-electron chi connectivity index (χ1n) is 5.16. The van der Waals surface area contributed by atoms with Gasteiger partial charge >= 0.3 is 5.69 Å². The van der Waals surface area contributed by atoms with E-state index in [1.807, 2.05) is 0 Å². The second-order valence-corrected chi connectivity index (χ2v) is 3.87. The van der Waals surface area contributed by atoms with Crippen molar-refractivity contribution in [3.8, 4) is 0 Å². The summed E-state index contributed by atoms with van der Waals surface area (Å²) < 4.78 is 1.30. The Hall–Kier alpha value is -1.67. The van der Waals surface area contributed by atoms with Crippen LogP contribution >= 0.6 is 0 Å². The summed E-state index contributed by atoms with van der Waals surface area (Å²) in [7, 11) is 1.56. The highest BCUT2D eigenvalue weighted by Crippen LogP contribution is 2.26. The first kappa shape index (κ1) is 13.4. The topological polar surface area (TPSA) is 113 Å². The minimum atomic E-state index is -1.00. The van der Waals surface area contributed by atoms with E-state index in [-0.39, 0.29) is 24.7 Å². The lowest BCUT2D eigenvalue weighted by Crippen LogP contribution is -2.45. The lowest BCUT2D eigenvalue weighted by molar-refractivity contribution is -0.384. The fraction of sp³-hybridized carbons (Fsp3) is 0.667. The van der Waals surface area contributed by atoms with Crippen molar-refractivity contribution in [2.45, 2.75) is 18.9 Å². The van der Waals surface area contributed by atoms with Crippen LogP contribution in [0, 0.1) is 10.1 Å². The number of nitrogens with zero attached hydrogens (tertiary/aromatic N) is 3. The number of anilines is 1. The van der Waals surface area contributed by atoms with Crippen molar-refractivity contribution in [1.29, 1.82) is 0 Å². The second-order valence-electron chi connectivity index (χ2n) is 3.87. The van der Waals surface area contributed by atoms with Gasteiger partial charge < -0.3 is 15.5 Å². The molecule has 0 saturated carbocycles. The van der Waals surface area contributed by atoms with Crippen molar-refractivity contribution >= 4 is 11.5 Å². The number of aliphatic hydroxyl groups is 2. The Labute approximate surface area is 98.0 Å². The Kier molecular flexibility index (Phi) is 4.02. The maximum Gasteiger partial charge on any atom is 0.330 e. The lowest BCUT2D eigenvalue weighted by Gasteiger charge is -2.29. The van der Waals surface area contributed by atoms with Crippen LogP contribution in [0.5, 0.6) is 0 Å². The third-order valence-electron chi connectivity index (χ3n) is 2.67. The van der Waals surface area contributed by atoms with Crippen LogP contribution in [0.2, 0.25) is 0 Å². The highest BCUT2D eigenvalue weighted by atomic mass is 16.6. The van der Waals surface area contributed by atoms with E-state index >= 15 is 0 Å². The zero-order valence-corrected chi connectivity index (χ0v) is 9.75. The normalized spacial score (nSPS) is 11.5. The Morgan fingerprint density at radius 1 is 1.59 bits per heavy atom. The largest absolute Gasteiger partial charge is 0.394 e. The molecule has 0 aromatic carbocycles. The molecule has 1 aromatic rings. The van der Waals surface area contributed by atoms with Gasteiger partial charge in [0.25, 0.3) is 0 Å². The highest BCUT2D eigenvalue weighted by Gasteiger charge is 2.31. The summed E-state index contributed by atoms with van der Waals surface area (Å²) >= 11 is 0. The fourth-order valence-electron chi connectivity index (χ4n) is 1.39. The molecule has 0 atom stereocenters. The smallest absolute Gasteiger partial charge is 0.330 e. The standard InChI is InChI=1S/C9H16N4O4/c1-3-9(5-14,6-15)10-8-7(13(16)17)4-12(2)11-8/h4,14-15H,3,5-6H2,1-2H3,(H,10,11). The van der Waals surface area contributed by atoms with Crippen molar-refractivity contribution < 1.29 is 15.1 Å². The number of aromatic nitrogens is 2. The molecule has 0 radical (unpaired) electrons. The number of hydrogen-bond donors (Lipinski definition) is 3. The van der Waals surface area contributed by atoms with E-state index in [2.05, 4.69) is 10.4 Å². The molecule has 0 aliphatic heterocycles. The Morgan fingerprint density at radius 2 is 2.18 bits per heavy atom. The van der Waals surface area contributed by atoms with Gasteiger partial charge in [0.15, 0.2) is 0 Å². The molecule has 0 fully saturated rings. The molecule has 1 heterocycles. The molecule has 0 aliphatic rings. The van der Waals surface area contributed by atoms with E-state index in [1.165, 1.54) is 10.9 Å². The summed E-state index contributed by atoms with van der Waals surface area (Å²) in [6, 6.07) is 0. The number of aliphatic hydroxyl groups excluding tert-OH is 2. The molecule has 0 spiro atoms. The molecule has 0 aliphatic carbocycles. The van der Waals surface area contributed by atoms with E-state index in [0.717, 1.165) is 0 Å². The number of rotatable bonds is 6. The summed E-state index contributed by atoms with van der Waals surface area (Å²) in [6.45, 7) is 1.08. The number of nitro groups is 1. The van der Waals surface area contributed by atoms with Gasteiger partial charge in [0.1, 0.15) is 6.20 Å². The highest BCUT2D eigenvalue weighted by molar-refractivity contribution is 5.56. The van der Waals surface area contributed by atoms with Crippen LogP contribution in [0.25, 0.3) is 0 Å². The SMILES string of the molecule is CCC(CO)(CO)Nc1nn(C)cc1[N+](=O)[O-]. The van der Waals surface area contributed by atoms with Gasteiger partial charge in [-0.3, -0.25) is 14.8 Å². The summed E-state index contributed by atoms with van der Waals surface area (Å²) in [5, 5.41) is 35.9. The van der Waals surface area contributed by atoms with E-state index in [9.17, 15) is 20.3 Å². The predicted molar refractivity (Wildman–Crippen MR) is 60.7 cm³/mol. The quantitative estimate of drug-likeness (QED) is 0.474. The predicted octanol–water partition coefficient (Wildman–Crippen LogP) is -0.126. The average Bonchev–Trinajstić information content (AvgIpc) is 2.67. The average molecular weight is 244 g/mol. The summed E-state index contributed by atoms with van der Waals surface area (Å²) in [4.78, 5) is 10.2. The van der Waals surface area contributed by atoms with Gasteiger partial charge in [-0.05, 0) is 6.42 Å². The number of hydrogen-bond acceptors (Lipinski definition) is 6. The molecule has 1 aromatic heterocycles. The Bertz CT molecular complexity index is 391. The Balaban J connectivity index is 3.04. The molecule has 8 heteroatoms. The van der Waals surface area contributed by atoms with Crippen molar-refractivity contribution in [3.63, 3.8) is 0 Å². The van der Waals surface area contributed by atoms with Crippen molar-refractivity contribution in [3.05, 3.63) is 16.3 Å². The van der Waals surface area contributed by atoms with Gasteiger partial charge in [0.05, 0.1) is 23.7 Å². The van der Waals surface area contributed by atoms with Crippen molar-refractivity contribution in [2.75, 3.05) is 18.5 Å². The van der Waals surface area contributed by atoms with E-state index in [4.69, 9.17) is 0 Å². The van der Waals surface area contributed by atoms with Crippen LogP contribution in [-0.2, 0) is 7.05 Å². The van der Waals surface area contributed by atoms with Gasteiger partial charge in [-0.15, -0.1) is 5.10 Å². The zero-order valence-electron chi connectivity index (χ0n) is 9.75. The van der Waals surface area contributed by atoms with Gasteiger partial charge in [-0.1, -0.05) is 6.92 Å². The molecule has 0 amide bonds.